The molecule has 2 aliphatic heterocycles. The van der Waals surface area contributed by atoms with Crippen LogP contribution in [-0.4, -0.2) is 135 Å². The Morgan fingerprint density at radius 2 is 1.68 bits per heavy atom. The third kappa shape index (κ3) is 11.1. The number of nitriles is 1. The molecule has 0 bridgehead atoms. The molecule has 4 heterocycles. The molecule has 3 fully saturated rings. The first-order valence-electron chi connectivity index (χ1n) is 24.7. The molecule has 0 radical (unpaired) electrons. The summed E-state index contributed by atoms with van der Waals surface area (Å²) in [6.45, 7) is 23.6. The first-order chi connectivity index (χ1) is 33.8. The van der Waals surface area contributed by atoms with Gasteiger partial charge in [-0.1, -0.05) is 84.3 Å². The van der Waals surface area contributed by atoms with Crippen LogP contribution in [0.25, 0.3) is 10.4 Å². The topological polar surface area (TPSA) is 208 Å². The highest BCUT2D eigenvalue weighted by molar-refractivity contribution is 7.13. The van der Waals surface area contributed by atoms with E-state index in [1.165, 1.54) is 11.1 Å². The summed E-state index contributed by atoms with van der Waals surface area (Å²) in [6.07, 6.45) is 0.0912. The molecule has 2 saturated heterocycles. The molecule has 2 aromatic heterocycles. The Hall–Kier alpha value is -5.64. The molecule has 0 unspecified atom stereocenters. The smallest absolute Gasteiger partial charge is 0.250 e. The van der Waals surface area contributed by atoms with E-state index in [9.17, 15) is 20.0 Å². The predicted molar refractivity (Wildman–Crippen MR) is 278 cm³/mol. The van der Waals surface area contributed by atoms with Crippen LogP contribution in [0.3, 0.4) is 0 Å². The summed E-state index contributed by atoms with van der Waals surface area (Å²) in [5.74, 6) is -0.542. The molecule has 1 aliphatic carbocycles. The molecule has 16 nitrogen and oxygen atoms in total. The van der Waals surface area contributed by atoms with Gasteiger partial charge in [-0.15, -0.1) is 11.3 Å². The van der Waals surface area contributed by atoms with E-state index in [2.05, 4.69) is 45.0 Å². The fourth-order valence-corrected chi connectivity index (χ4v) is 12.8. The number of ether oxygens (including phenoxy) is 2. The molecule has 6 atom stereocenters. The van der Waals surface area contributed by atoms with Crippen LogP contribution in [0, 0.1) is 34.5 Å². The van der Waals surface area contributed by atoms with Crippen LogP contribution < -0.4 is 20.7 Å². The van der Waals surface area contributed by atoms with Gasteiger partial charge in [0, 0.05) is 73.8 Å². The van der Waals surface area contributed by atoms with Gasteiger partial charge in [0.15, 0.2) is 0 Å². The Bertz CT molecular complexity index is 2640. The van der Waals surface area contributed by atoms with Gasteiger partial charge < -0.3 is 40.3 Å². The number of thiazole rings is 1. The number of nitrogens with zero attached hydrogens (tertiary/aromatic N) is 7. The molecule has 72 heavy (non-hydrogen) atoms. The monoisotopic (exact) mass is 1020 g/mol. The molecule has 386 valence electrons. The maximum absolute atomic E-state index is 15.5. The van der Waals surface area contributed by atoms with E-state index in [-0.39, 0.29) is 43.3 Å². The Balaban J connectivity index is 1.12. The number of carbonyl (C=O) groups is 4. The molecular weight excluding hydrogens is 954 g/mol. The number of hydrogen-bond donors (Lipinski definition) is 3. The minimum Gasteiger partial charge on any atom is -0.489 e. The predicted octanol–water partition coefficient (Wildman–Crippen LogP) is 7.02. The Labute approximate surface area is 432 Å². The Kier molecular flexibility index (Phi) is 16.1. The molecule has 7 rings (SSSR count). The third-order valence-electron chi connectivity index (χ3n) is 14.8. The highest BCUT2D eigenvalue weighted by Gasteiger charge is 2.68. The number of aryl methyl sites for hydroxylation is 1. The normalized spacial score (nSPS) is 23.6. The highest BCUT2D eigenvalue weighted by atomic mass is 35.5. The number of benzene rings is 2. The van der Waals surface area contributed by atoms with Gasteiger partial charge in [-0.2, -0.15) is 5.26 Å². The van der Waals surface area contributed by atoms with Crippen LogP contribution in [0.1, 0.15) is 109 Å². The number of aliphatic hydroxyl groups is 1. The number of β-amino-alcohol motifs (C(OH)–C–C–N with tert-alkyl or cyclic N) is 1. The summed E-state index contributed by atoms with van der Waals surface area (Å²) >= 11 is 8.01. The second kappa shape index (κ2) is 21.4. The first-order valence-corrected chi connectivity index (χ1v) is 25.9. The number of aromatic nitrogens is 2. The van der Waals surface area contributed by atoms with Crippen molar-refractivity contribution in [2.75, 3.05) is 44.3 Å². The van der Waals surface area contributed by atoms with E-state index in [4.69, 9.17) is 26.8 Å². The number of hydrogen-bond acceptors (Lipinski definition) is 13. The number of piperazine rings is 1. The number of halogens is 1. The van der Waals surface area contributed by atoms with Crippen molar-refractivity contribution in [1.82, 2.24) is 30.0 Å². The zero-order valence-corrected chi connectivity index (χ0v) is 44.9. The van der Waals surface area contributed by atoms with E-state index in [0.717, 1.165) is 27.5 Å². The maximum atomic E-state index is 15.5. The summed E-state index contributed by atoms with van der Waals surface area (Å²) in [5, 5.41) is 24.1. The van der Waals surface area contributed by atoms with Gasteiger partial charge in [0.1, 0.15) is 42.4 Å². The molecule has 2 aromatic carbocycles. The van der Waals surface area contributed by atoms with Crippen molar-refractivity contribution in [1.29, 1.82) is 5.26 Å². The van der Waals surface area contributed by atoms with E-state index < -0.39 is 76.2 Å². The van der Waals surface area contributed by atoms with Crippen LogP contribution in [0.4, 0.5) is 5.82 Å². The van der Waals surface area contributed by atoms with Crippen molar-refractivity contribution >= 4 is 52.4 Å². The van der Waals surface area contributed by atoms with E-state index in [0.29, 0.717) is 36.5 Å². The number of nitrogens with one attached hydrogen (secondary N) is 1. The van der Waals surface area contributed by atoms with E-state index in [1.807, 2.05) is 92.1 Å². The van der Waals surface area contributed by atoms with E-state index >= 15 is 9.59 Å². The summed E-state index contributed by atoms with van der Waals surface area (Å²) in [6, 6.07) is 15.6. The molecule has 0 spiro atoms. The zero-order chi connectivity index (χ0) is 52.6. The molecule has 3 aliphatic rings. The maximum Gasteiger partial charge on any atom is 0.250 e. The third-order valence-corrected chi connectivity index (χ3v) is 16.1. The van der Waals surface area contributed by atoms with Gasteiger partial charge >= 0.3 is 0 Å². The second-order valence-corrected chi connectivity index (χ2v) is 23.3. The Morgan fingerprint density at radius 1 is 1.01 bits per heavy atom. The highest BCUT2D eigenvalue weighted by Crippen LogP contribution is 2.59. The average molecular weight is 1020 g/mol. The van der Waals surface area contributed by atoms with Gasteiger partial charge in [0.25, 0.3) is 0 Å². The summed E-state index contributed by atoms with van der Waals surface area (Å²) in [7, 11) is 0. The van der Waals surface area contributed by atoms with E-state index in [1.54, 1.807) is 46.6 Å². The van der Waals surface area contributed by atoms with Gasteiger partial charge in [0.05, 0.1) is 51.0 Å². The van der Waals surface area contributed by atoms with Crippen molar-refractivity contribution in [2.24, 2.45) is 22.0 Å². The number of likely N-dealkylation sites (tertiary alicyclic amines) is 1. The van der Waals surface area contributed by atoms with Crippen LogP contribution >= 0.6 is 22.9 Å². The molecule has 4 amide bonds. The molecule has 18 heteroatoms. The van der Waals surface area contributed by atoms with Crippen molar-refractivity contribution in [3.8, 4) is 22.3 Å². The van der Waals surface area contributed by atoms with Crippen molar-refractivity contribution in [3.05, 3.63) is 93.7 Å². The first kappa shape index (κ1) is 54.1. The lowest BCUT2D eigenvalue weighted by molar-refractivity contribution is -0.226. The van der Waals surface area contributed by atoms with Gasteiger partial charge in [0.2, 0.25) is 23.6 Å². The molecule has 1 saturated carbocycles. The lowest BCUT2D eigenvalue weighted by Gasteiger charge is -2.67. The largest absolute Gasteiger partial charge is 0.489 e. The molecule has 4 aromatic rings. The second-order valence-electron chi connectivity index (χ2n) is 22.0. The fraction of sp³-hybridized carbons (Fsp3) is 0.537. The summed E-state index contributed by atoms with van der Waals surface area (Å²) in [4.78, 5) is 74.3. The van der Waals surface area contributed by atoms with Gasteiger partial charge in [-0.3, -0.25) is 24.1 Å². The number of anilines is 1. The molecule has 4 N–H and O–H groups in total. The van der Waals surface area contributed by atoms with Crippen molar-refractivity contribution < 1.29 is 33.8 Å². The minimum atomic E-state index is -1.10. The minimum absolute atomic E-state index is 0.0362. The van der Waals surface area contributed by atoms with Crippen molar-refractivity contribution in [3.63, 3.8) is 0 Å². The van der Waals surface area contributed by atoms with Crippen LogP contribution in [0.5, 0.6) is 5.75 Å². The summed E-state index contributed by atoms with van der Waals surface area (Å²) < 4.78 is 13.0. The number of nitrogens with two attached hydrogens (primary N) is 1. The van der Waals surface area contributed by atoms with Crippen molar-refractivity contribution in [2.45, 2.75) is 131 Å². The number of amides is 4. The number of primary amides is 1. The van der Waals surface area contributed by atoms with Crippen LogP contribution in [0.15, 0.2) is 66.3 Å². The van der Waals surface area contributed by atoms with Gasteiger partial charge in [-0.05, 0) is 68.5 Å². The SMILES string of the molecule is Cc1ncsc1-c1ccc([C@H](C)NC(=O)[C@H]2C[C@@H](O)CN2C(=O)[C@@H](N(C(=O)COCCN2[C@H](C)CN(c3ccc(C(N)=O)cn3)C[C@@H]2C)C2C(C)(C)C(Oc3ccc(C#N)c(Cl)c3)C2(C)C)C(C)(C)C)cc1. The average Bonchev–Trinajstić information content (AvgIpc) is 3.94. The number of aliphatic hydroxyl groups excluding tert-OH is 1. The summed E-state index contributed by atoms with van der Waals surface area (Å²) in [5.41, 5.74) is 8.39. The zero-order valence-electron chi connectivity index (χ0n) is 43.3. The fourth-order valence-electron chi connectivity index (χ4n) is 11.7. The molecular formula is C54H70ClN9O7S. The van der Waals surface area contributed by atoms with Gasteiger partial charge in [-0.25, -0.2) is 9.97 Å². The van der Waals surface area contributed by atoms with Crippen LogP contribution in [0.2, 0.25) is 5.02 Å². The lowest BCUT2D eigenvalue weighted by atomic mass is 9.48. The number of carbonyl (C=O) groups excluding carboxylic acids is 4. The Morgan fingerprint density at radius 3 is 2.24 bits per heavy atom. The van der Waals surface area contributed by atoms with Crippen LogP contribution in [-0.2, 0) is 19.1 Å². The standard InChI is InChI=1S/C54H70ClN9O7S/c1-31-26-61(43-19-17-38(25-58-43)47(57)67)27-32(2)62(31)20-21-70-29-44(66)64(50-53(8,9)51(54(50,10)11)71-40-18-16-37(24-56)41(55)23-40)46(52(5,6)7)49(69)63-28-39(65)22-42(63)48(68)60-33(3)35-12-14-36(15-13-35)45-34(4)59-30-72-45/h12-19,23,25,30-33,39,42,46,50-51,65H,20-22,26-29H2,1-11H3,(H2,57,67)(H,60,68)/t31-,32+,33-,39+,42+,46+,50?,51?/m0/s1. The quantitative estimate of drug-likeness (QED) is 0.0969. The number of rotatable bonds is 16. The lowest BCUT2D eigenvalue weighted by Crippen LogP contribution is -2.78. The number of pyridine rings is 1.